The fraction of sp³-hybridized carbons (Fsp3) is 0.615. The first-order valence-electron chi connectivity index (χ1n) is 5.40. The third kappa shape index (κ3) is 6.13. The fourth-order valence-corrected chi connectivity index (χ4v) is 1.12. The van der Waals surface area contributed by atoms with Crippen LogP contribution in [0.4, 0.5) is 4.79 Å². The molecule has 0 fully saturated rings. The molecule has 0 spiro atoms. The van der Waals surface area contributed by atoms with Gasteiger partial charge in [0.05, 0.1) is 6.61 Å². The maximum absolute atomic E-state index is 11.2. The average molecular weight is 224 g/mol. The van der Waals surface area contributed by atoms with Gasteiger partial charge in [-0.05, 0) is 34.1 Å². The van der Waals surface area contributed by atoms with E-state index >= 15 is 0 Å². The van der Waals surface area contributed by atoms with Gasteiger partial charge >= 0.3 is 6.16 Å². The number of hydrogen-bond donors (Lipinski definition) is 0. The standard InChI is InChI=1S/C13H20O3/c1-6-13(5,10-8-9-11(3)4)16-12(14)15-7-2/h1,9H,7-8,10H2,2-5H3. The molecule has 1 unspecified atom stereocenters. The second kappa shape index (κ2) is 6.95. The monoisotopic (exact) mass is 224 g/mol. The molecule has 0 aliphatic carbocycles. The summed E-state index contributed by atoms with van der Waals surface area (Å²) in [6.07, 6.45) is 8.09. The van der Waals surface area contributed by atoms with Gasteiger partial charge < -0.3 is 9.47 Å². The molecule has 0 aromatic rings. The SMILES string of the molecule is C#CC(C)(CCC=C(C)C)OC(=O)OCC. The van der Waals surface area contributed by atoms with E-state index in [1.165, 1.54) is 5.57 Å². The van der Waals surface area contributed by atoms with E-state index in [2.05, 4.69) is 12.0 Å². The molecule has 0 aliphatic rings. The zero-order chi connectivity index (χ0) is 12.6. The van der Waals surface area contributed by atoms with Crippen LogP contribution in [0.25, 0.3) is 0 Å². The first-order chi connectivity index (χ1) is 7.43. The van der Waals surface area contributed by atoms with Gasteiger partial charge in [0, 0.05) is 6.42 Å². The van der Waals surface area contributed by atoms with Gasteiger partial charge in [0.15, 0.2) is 5.60 Å². The minimum atomic E-state index is -0.891. The second-order valence-electron chi connectivity index (χ2n) is 3.98. The van der Waals surface area contributed by atoms with E-state index in [-0.39, 0.29) is 6.61 Å². The minimum Gasteiger partial charge on any atom is -0.435 e. The Bertz CT molecular complexity index is 295. The summed E-state index contributed by atoms with van der Waals surface area (Å²) in [7, 11) is 0. The number of carbonyl (C=O) groups excluding carboxylic acids is 1. The number of hydrogen-bond acceptors (Lipinski definition) is 3. The molecule has 0 aromatic heterocycles. The third-order valence-corrected chi connectivity index (χ3v) is 2.05. The lowest BCUT2D eigenvalue weighted by atomic mass is 10.0. The van der Waals surface area contributed by atoms with E-state index in [0.717, 1.165) is 6.42 Å². The molecular weight excluding hydrogens is 204 g/mol. The molecule has 0 bridgehead atoms. The van der Waals surface area contributed by atoms with Gasteiger partial charge in [-0.15, -0.1) is 6.42 Å². The van der Waals surface area contributed by atoms with E-state index in [1.807, 2.05) is 13.8 Å². The molecular formula is C13H20O3. The largest absolute Gasteiger partial charge is 0.509 e. The van der Waals surface area contributed by atoms with Gasteiger partial charge in [0.2, 0.25) is 0 Å². The van der Waals surface area contributed by atoms with Gasteiger partial charge in [-0.1, -0.05) is 17.6 Å². The zero-order valence-electron chi connectivity index (χ0n) is 10.5. The van der Waals surface area contributed by atoms with Crippen LogP contribution in [0.1, 0.15) is 40.5 Å². The molecule has 1 atom stereocenters. The summed E-state index contributed by atoms with van der Waals surface area (Å²) in [6.45, 7) is 7.74. The van der Waals surface area contributed by atoms with Crippen LogP contribution in [0.15, 0.2) is 11.6 Å². The Hall–Kier alpha value is -1.43. The highest BCUT2D eigenvalue weighted by atomic mass is 16.7. The van der Waals surface area contributed by atoms with Crippen LogP contribution in [-0.2, 0) is 9.47 Å². The predicted molar refractivity (Wildman–Crippen MR) is 64.0 cm³/mol. The van der Waals surface area contributed by atoms with Crippen molar-refractivity contribution < 1.29 is 14.3 Å². The van der Waals surface area contributed by atoms with Crippen molar-refractivity contribution in [3.05, 3.63) is 11.6 Å². The van der Waals surface area contributed by atoms with Gasteiger partial charge in [0.25, 0.3) is 0 Å². The first kappa shape index (κ1) is 14.6. The van der Waals surface area contributed by atoms with E-state index in [1.54, 1.807) is 13.8 Å². The molecule has 0 aliphatic heterocycles. The van der Waals surface area contributed by atoms with Gasteiger partial charge in [0.1, 0.15) is 0 Å². The normalized spacial score (nSPS) is 13.2. The van der Waals surface area contributed by atoms with Crippen molar-refractivity contribution in [2.45, 2.75) is 46.1 Å². The third-order valence-electron chi connectivity index (χ3n) is 2.05. The van der Waals surface area contributed by atoms with E-state index in [9.17, 15) is 4.79 Å². The highest BCUT2D eigenvalue weighted by Gasteiger charge is 2.26. The molecule has 0 saturated carbocycles. The summed E-state index contributed by atoms with van der Waals surface area (Å²) in [5, 5.41) is 0. The van der Waals surface area contributed by atoms with Gasteiger partial charge in [-0.2, -0.15) is 0 Å². The molecule has 0 saturated heterocycles. The van der Waals surface area contributed by atoms with Crippen molar-refractivity contribution in [2.24, 2.45) is 0 Å². The predicted octanol–water partition coefficient (Wildman–Crippen LogP) is 3.30. The molecule has 3 heteroatoms. The van der Waals surface area contributed by atoms with Crippen LogP contribution in [-0.4, -0.2) is 18.4 Å². The smallest absolute Gasteiger partial charge is 0.435 e. The Balaban J connectivity index is 4.27. The Morgan fingerprint density at radius 3 is 2.56 bits per heavy atom. The zero-order valence-corrected chi connectivity index (χ0v) is 10.5. The lowest BCUT2D eigenvalue weighted by Crippen LogP contribution is -2.30. The molecule has 0 N–H and O–H groups in total. The van der Waals surface area contributed by atoms with Crippen molar-refractivity contribution in [1.29, 1.82) is 0 Å². The molecule has 3 nitrogen and oxygen atoms in total. The number of rotatable bonds is 5. The van der Waals surface area contributed by atoms with E-state index in [0.29, 0.717) is 6.42 Å². The molecule has 0 amide bonds. The maximum atomic E-state index is 11.2. The molecule has 0 aromatic carbocycles. The quantitative estimate of drug-likeness (QED) is 0.408. The van der Waals surface area contributed by atoms with Crippen LogP contribution >= 0.6 is 0 Å². The number of terminal acetylenes is 1. The summed E-state index contributed by atoms with van der Waals surface area (Å²) < 4.78 is 9.78. The summed E-state index contributed by atoms with van der Waals surface area (Å²) in [6, 6.07) is 0. The molecule has 0 radical (unpaired) electrons. The molecule has 16 heavy (non-hydrogen) atoms. The molecule has 90 valence electrons. The topological polar surface area (TPSA) is 35.5 Å². The van der Waals surface area contributed by atoms with Crippen molar-refractivity contribution in [3.63, 3.8) is 0 Å². The second-order valence-corrected chi connectivity index (χ2v) is 3.98. The van der Waals surface area contributed by atoms with E-state index in [4.69, 9.17) is 15.9 Å². The minimum absolute atomic E-state index is 0.285. The van der Waals surface area contributed by atoms with E-state index < -0.39 is 11.8 Å². The highest BCUT2D eigenvalue weighted by molar-refractivity contribution is 5.61. The van der Waals surface area contributed by atoms with Crippen molar-refractivity contribution in [1.82, 2.24) is 0 Å². The summed E-state index contributed by atoms with van der Waals surface area (Å²) in [5.41, 5.74) is 0.327. The summed E-state index contributed by atoms with van der Waals surface area (Å²) in [4.78, 5) is 11.2. The maximum Gasteiger partial charge on any atom is 0.509 e. The molecule has 0 heterocycles. The van der Waals surface area contributed by atoms with Gasteiger partial charge in [-0.25, -0.2) is 4.79 Å². The van der Waals surface area contributed by atoms with Crippen molar-refractivity contribution in [3.8, 4) is 12.3 Å². The molecule has 0 rings (SSSR count). The summed E-state index contributed by atoms with van der Waals surface area (Å²) >= 11 is 0. The van der Waals surface area contributed by atoms with Crippen LogP contribution < -0.4 is 0 Å². The number of ether oxygens (including phenoxy) is 2. The number of carbonyl (C=O) groups is 1. The summed E-state index contributed by atoms with van der Waals surface area (Å²) in [5.74, 6) is 2.49. The van der Waals surface area contributed by atoms with Crippen LogP contribution in [0, 0.1) is 12.3 Å². The lowest BCUT2D eigenvalue weighted by molar-refractivity contribution is 0.00147. The van der Waals surface area contributed by atoms with Crippen LogP contribution in [0.3, 0.4) is 0 Å². The van der Waals surface area contributed by atoms with Crippen molar-refractivity contribution >= 4 is 6.16 Å². The van der Waals surface area contributed by atoms with Crippen LogP contribution in [0.5, 0.6) is 0 Å². The van der Waals surface area contributed by atoms with Gasteiger partial charge in [-0.3, -0.25) is 0 Å². The number of allylic oxidation sites excluding steroid dienone is 2. The Morgan fingerprint density at radius 2 is 2.12 bits per heavy atom. The van der Waals surface area contributed by atoms with Crippen molar-refractivity contribution in [2.75, 3.05) is 6.61 Å². The van der Waals surface area contributed by atoms with Crippen LogP contribution in [0.2, 0.25) is 0 Å². The highest BCUT2D eigenvalue weighted by Crippen LogP contribution is 2.18. The lowest BCUT2D eigenvalue weighted by Gasteiger charge is -2.22. The average Bonchev–Trinajstić information content (AvgIpc) is 2.17. The Kier molecular flexibility index (Phi) is 6.32. The first-order valence-corrected chi connectivity index (χ1v) is 5.40. The Labute approximate surface area is 97.8 Å². The fourth-order valence-electron chi connectivity index (χ4n) is 1.12. The Morgan fingerprint density at radius 1 is 1.50 bits per heavy atom.